The molecule has 252 valence electrons. The van der Waals surface area contributed by atoms with E-state index >= 15 is 0 Å². The fourth-order valence-corrected chi connectivity index (χ4v) is 4.99. The number of ether oxygens (including phenoxy) is 6. The molecule has 0 amide bonds. The van der Waals surface area contributed by atoms with Crippen LogP contribution in [0.15, 0.2) is 48.5 Å². The Labute approximate surface area is 263 Å². The van der Waals surface area contributed by atoms with Crippen molar-refractivity contribution in [3.63, 3.8) is 0 Å². The maximum absolute atomic E-state index is 13.0. The van der Waals surface area contributed by atoms with Gasteiger partial charge in [0, 0.05) is 13.0 Å². The smallest absolute Gasteiger partial charge is 0.331 e. The number of benzene rings is 2. The Balaban J connectivity index is 1.61. The van der Waals surface area contributed by atoms with Crippen molar-refractivity contribution >= 4 is 18.0 Å². The predicted octanol–water partition coefficient (Wildman–Crippen LogP) is -0.151. The average Bonchev–Trinajstić information content (AvgIpc) is 3.02. The Kier molecular flexibility index (Phi) is 11.9. The first-order valence-electron chi connectivity index (χ1n) is 14.5. The number of phenolic OH excluding ortho intramolecular Hbond substituents is 3. The summed E-state index contributed by atoms with van der Waals surface area (Å²) in [5.41, 5.74) is 1.13. The first-order valence-corrected chi connectivity index (χ1v) is 14.5. The number of hydrogen-bond donors (Lipinski definition) is 7. The third-order valence-corrected chi connectivity index (χ3v) is 7.45. The highest BCUT2D eigenvalue weighted by molar-refractivity contribution is 5.87. The van der Waals surface area contributed by atoms with Crippen molar-refractivity contribution in [1.29, 1.82) is 0 Å². The zero-order chi connectivity index (χ0) is 33.5. The number of carbonyl (C=O) groups excluding carboxylic acids is 2. The molecule has 0 unspecified atom stereocenters. The summed E-state index contributed by atoms with van der Waals surface area (Å²) in [6.07, 6.45) is -12.1. The number of aliphatic hydroxyl groups excluding tert-OH is 4. The molecule has 46 heavy (non-hydrogen) atoms. The standard InChI is InChI=1S/C31H38O15/c1-15-24(38)25(39)26(40)30(42-15)46-28-27(45-23(37)10-6-18-5-9-20(35)21(36)13-18)22(14-32)44-31(29(28)43-16(2)33)41-12-11-17-3-7-19(34)8-4-17/h3-10,13,15,22,24-32,34-36,38-40H,11-12,14H2,1-2H3/b10-6+/t15-,22+,24-,25+,26+,27+,28-,29+,30-,31+/m0/s1. The summed E-state index contributed by atoms with van der Waals surface area (Å²) in [7, 11) is 0. The fourth-order valence-electron chi connectivity index (χ4n) is 4.99. The molecule has 2 heterocycles. The number of hydrogen-bond acceptors (Lipinski definition) is 15. The van der Waals surface area contributed by atoms with Crippen LogP contribution in [0.25, 0.3) is 6.08 Å². The molecule has 7 N–H and O–H groups in total. The zero-order valence-corrected chi connectivity index (χ0v) is 25.0. The largest absolute Gasteiger partial charge is 0.508 e. The van der Waals surface area contributed by atoms with Crippen LogP contribution < -0.4 is 0 Å². The monoisotopic (exact) mass is 650 g/mol. The molecule has 0 aromatic heterocycles. The predicted molar refractivity (Wildman–Crippen MR) is 155 cm³/mol. The number of phenols is 3. The molecule has 2 aliphatic heterocycles. The normalized spacial score (nSPS) is 31.4. The van der Waals surface area contributed by atoms with E-state index < -0.39 is 85.7 Å². The van der Waals surface area contributed by atoms with Gasteiger partial charge in [-0.25, -0.2) is 4.79 Å². The lowest BCUT2D eigenvalue weighted by Gasteiger charge is -2.47. The second-order valence-electron chi connectivity index (χ2n) is 10.9. The van der Waals surface area contributed by atoms with Gasteiger partial charge in [0.2, 0.25) is 0 Å². The molecule has 15 nitrogen and oxygen atoms in total. The molecule has 0 spiro atoms. The Morgan fingerprint density at radius 1 is 0.848 bits per heavy atom. The van der Waals surface area contributed by atoms with Crippen molar-refractivity contribution < 1.29 is 73.8 Å². The average molecular weight is 651 g/mol. The fraction of sp³-hybridized carbons (Fsp3) is 0.484. The van der Waals surface area contributed by atoms with E-state index in [4.69, 9.17) is 28.4 Å². The summed E-state index contributed by atoms with van der Waals surface area (Å²) < 4.78 is 34.5. The van der Waals surface area contributed by atoms with E-state index in [1.165, 1.54) is 43.3 Å². The van der Waals surface area contributed by atoms with Crippen LogP contribution in [-0.2, 0) is 44.4 Å². The lowest BCUT2D eigenvalue weighted by molar-refractivity contribution is -0.358. The number of carbonyl (C=O) groups is 2. The van der Waals surface area contributed by atoms with Crippen LogP contribution in [-0.4, -0.2) is 122 Å². The Morgan fingerprint density at radius 2 is 1.57 bits per heavy atom. The topological polar surface area (TPSA) is 231 Å². The van der Waals surface area contributed by atoms with E-state index in [0.717, 1.165) is 18.6 Å². The van der Waals surface area contributed by atoms with Gasteiger partial charge in [0.1, 0.15) is 36.3 Å². The van der Waals surface area contributed by atoms with Gasteiger partial charge in [-0.2, -0.15) is 0 Å². The first-order chi connectivity index (χ1) is 21.9. The molecule has 2 aromatic carbocycles. The lowest BCUT2D eigenvalue weighted by atomic mass is 9.96. The molecule has 10 atom stereocenters. The van der Waals surface area contributed by atoms with Crippen molar-refractivity contribution in [3.8, 4) is 17.2 Å². The highest BCUT2D eigenvalue weighted by atomic mass is 16.8. The summed E-state index contributed by atoms with van der Waals surface area (Å²) in [4.78, 5) is 25.2. The maximum Gasteiger partial charge on any atom is 0.331 e. The molecule has 0 aliphatic carbocycles. The number of esters is 2. The lowest BCUT2D eigenvalue weighted by Crippen LogP contribution is -2.65. The molecule has 2 saturated heterocycles. The van der Waals surface area contributed by atoms with Gasteiger partial charge in [-0.3, -0.25) is 4.79 Å². The van der Waals surface area contributed by atoms with Gasteiger partial charge in [-0.1, -0.05) is 18.2 Å². The number of aromatic hydroxyl groups is 3. The SMILES string of the molecule is CC(=O)O[C@H]1[C@H](OCCc2ccc(O)cc2)O[C@H](CO)[C@@H](OC(=O)/C=C/c2ccc(O)c(O)c2)[C@@H]1O[C@@H]1O[C@@H](C)[C@H](O)[C@@H](O)[C@H]1O. The minimum atomic E-state index is -1.79. The molecular weight excluding hydrogens is 612 g/mol. The van der Waals surface area contributed by atoms with Gasteiger partial charge in [-0.15, -0.1) is 0 Å². The van der Waals surface area contributed by atoms with E-state index in [9.17, 15) is 45.3 Å². The molecule has 2 aliphatic rings. The van der Waals surface area contributed by atoms with Gasteiger partial charge in [0.05, 0.1) is 19.3 Å². The van der Waals surface area contributed by atoms with Gasteiger partial charge < -0.3 is 64.2 Å². The molecule has 15 heteroatoms. The van der Waals surface area contributed by atoms with Crippen LogP contribution in [0.5, 0.6) is 17.2 Å². The van der Waals surface area contributed by atoms with Gasteiger partial charge in [0.15, 0.2) is 36.3 Å². The van der Waals surface area contributed by atoms with Crippen molar-refractivity contribution in [3.05, 3.63) is 59.7 Å². The Hall–Kier alpha value is -3.80. The zero-order valence-electron chi connectivity index (χ0n) is 25.0. The van der Waals surface area contributed by atoms with Crippen molar-refractivity contribution in [2.45, 2.75) is 81.7 Å². The minimum Gasteiger partial charge on any atom is -0.508 e. The highest BCUT2D eigenvalue weighted by Crippen LogP contribution is 2.33. The first kappa shape index (κ1) is 35.1. The minimum absolute atomic E-state index is 0.00916. The van der Waals surface area contributed by atoms with E-state index in [2.05, 4.69) is 0 Å². The number of rotatable bonds is 11. The van der Waals surface area contributed by atoms with Crippen LogP contribution in [0.1, 0.15) is 25.0 Å². The highest BCUT2D eigenvalue weighted by Gasteiger charge is 2.54. The van der Waals surface area contributed by atoms with Gasteiger partial charge >= 0.3 is 11.9 Å². The van der Waals surface area contributed by atoms with Crippen molar-refractivity contribution in [2.24, 2.45) is 0 Å². The number of aliphatic hydroxyl groups is 4. The summed E-state index contributed by atoms with van der Waals surface area (Å²) in [5.74, 6) is -2.48. The third-order valence-electron chi connectivity index (χ3n) is 7.45. The van der Waals surface area contributed by atoms with E-state index in [1.807, 2.05) is 0 Å². The second kappa shape index (κ2) is 15.7. The molecule has 0 bridgehead atoms. The summed E-state index contributed by atoms with van der Waals surface area (Å²) >= 11 is 0. The van der Waals surface area contributed by atoms with Crippen LogP contribution in [0.4, 0.5) is 0 Å². The van der Waals surface area contributed by atoms with E-state index in [-0.39, 0.29) is 18.1 Å². The van der Waals surface area contributed by atoms with Gasteiger partial charge in [0.25, 0.3) is 0 Å². The summed E-state index contributed by atoms with van der Waals surface area (Å²) in [6, 6.07) is 10.2. The van der Waals surface area contributed by atoms with Crippen LogP contribution >= 0.6 is 0 Å². The molecule has 4 rings (SSSR count). The Morgan fingerprint density at radius 3 is 2.22 bits per heavy atom. The van der Waals surface area contributed by atoms with Gasteiger partial charge in [-0.05, 0) is 54.8 Å². The third kappa shape index (κ3) is 8.71. The molecular formula is C31H38O15. The molecule has 2 fully saturated rings. The molecule has 0 radical (unpaired) electrons. The summed E-state index contributed by atoms with van der Waals surface area (Å²) in [5, 5.41) is 70.2. The molecule has 2 aromatic rings. The van der Waals surface area contributed by atoms with E-state index in [1.54, 1.807) is 12.1 Å². The molecule has 0 saturated carbocycles. The van der Waals surface area contributed by atoms with E-state index in [0.29, 0.717) is 12.0 Å². The maximum atomic E-state index is 13.0. The summed E-state index contributed by atoms with van der Waals surface area (Å²) in [6.45, 7) is 1.81. The van der Waals surface area contributed by atoms with Crippen molar-refractivity contribution in [2.75, 3.05) is 13.2 Å². The van der Waals surface area contributed by atoms with Crippen LogP contribution in [0.3, 0.4) is 0 Å². The second-order valence-corrected chi connectivity index (χ2v) is 10.9. The Bertz CT molecular complexity index is 1350. The quantitative estimate of drug-likeness (QED) is 0.0952. The van der Waals surface area contributed by atoms with Crippen LogP contribution in [0.2, 0.25) is 0 Å². The van der Waals surface area contributed by atoms with Crippen LogP contribution in [0, 0.1) is 0 Å². The van der Waals surface area contributed by atoms with Crippen molar-refractivity contribution in [1.82, 2.24) is 0 Å².